The number of hydrogen-bond acceptors (Lipinski definition) is 8. The third kappa shape index (κ3) is 4.36. The van der Waals surface area contributed by atoms with E-state index >= 15 is 0 Å². The summed E-state index contributed by atoms with van der Waals surface area (Å²) < 4.78 is 6.31. The number of benzene rings is 1. The predicted molar refractivity (Wildman–Crippen MR) is 88.9 cm³/mol. The fraction of sp³-hybridized carbons (Fsp3) is 0.231. The lowest BCUT2D eigenvalue weighted by Gasteiger charge is -2.05. The van der Waals surface area contributed by atoms with Crippen molar-refractivity contribution in [3.05, 3.63) is 29.8 Å². The molecular formula is C13H17N7O2S. The third-order valence-corrected chi connectivity index (χ3v) is 3.80. The fourth-order valence-corrected chi connectivity index (χ4v) is 2.21. The van der Waals surface area contributed by atoms with Gasteiger partial charge in [0.15, 0.2) is 0 Å². The molecular weight excluding hydrogens is 318 g/mol. The van der Waals surface area contributed by atoms with Gasteiger partial charge >= 0.3 is 0 Å². The van der Waals surface area contributed by atoms with Crippen LogP contribution in [0.3, 0.4) is 0 Å². The molecule has 0 aliphatic rings. The minimum Gasteiger partial charge on any atom is -0.497 e. The van der Waals surface area contributed by atoms with E-state index in [4.69, 9.17) is 16.3 Å². The summed E-state index contributed by atoms with van der Waals surface area (Å²) in [6.45, 7) is 1.84. The molecule has 0 aliphatic carbocycles. The Labute approximate surface area is 137 Å². The lowest BCUT2D eigenvalue weighted by molar-refractivity contribution is -0.115. The first-order valence-corrected chi connectivity index (χ1v) is 7.56. The van der Waals surface area contributed by atoms with Crippen LogP contribution in [0.2, 0.25) is 0 Å². The molecule has 0 unspecified atom stereocenters. The van der Waals surface area contributed by atoms with E-state index in [0.717, 1.165) is 28.8 Å². The van der Waals surface area contributed by atoms with Gasteiger partial charge in [0.05, 0.1) is 18.6 Å². The summed E-state index contributed by atoms with van der Waals surface area (Å²) in [4.78, 5) is 10.8. The number of hydrazone groups is 1. The number of nitrogens with two attached hydrogens (primary N) is 2. The maximum atomic E-state index is 10.8. The van der Waals surface area contributed by atoms with Crippen LogP contribution in [0.4, 0.5) is 5.95 Å². The molecule has 0 aliphatic heterocycles. The number of methoxy groups -OCH3 is 1. The number of aromatic nitrogens is 3. The first-order valence-electron chi connectivity index (χ1n) is 6.57. The second-order valence-corrected chi connectivity index (χ2v) is 5.41. The number of hydrogen-bond donors (Lipinski definition) is 3. The number of carbonyl (C=O) groups is 1. The number of ether oxygens (including phenoxy) is 1. The van der Waals surface area contributed by atoms with E-state index in [-0.39, 0.29) is 11.7 Å². The molecule has 0 bridgehead atoms. The smallest absolute Gasteiger partial charge is 0.264 e. The van der Waals surface area contributed by atoms with Crippen LogP contribution < -0.4 is 21.7 Å². The van der Waals surface area contributed by atoms with Gasteiger partial charge in [0.1, 0.15) is 5.75 Å². The van der Waals surface area contributed by atoms with E-state index in [9.17, 15) is 4.79 Å². The molecule has 0 radical (unpaired) electrons. The van der Waals surface area contributed by atoms with Crippen LogP contribution in [0.25, 0.3) is 0 Å². The van der Waals surface area contributed by atoms with Crippen molar-refractivity contribution in [1.29, 1.82) is 0 Å². The molecule has 122 valence electrons. The summed E-state index contributed by atoms with van der Waals surface area (Å²) in [5, 5.41) is 12.3. The highest BCUT2D eigenvalue weighted by atomic mass is 32.2. The van der Waals surface area contributed by atoms with Crippen molar-refractivity contribution in [2.45, 2.75) is 12.1 Å². The number of rotatable bonds is 7. The van der Waals surface area contributed by atoms with Crippen LogP contribution >= 0.6 is 11.8 Å². The first kappa shape index (κ1) is 16.6. The van der Waals surface area contributed by atoms with Gasteiger partial charge in [-0.1, -0.05) is 11.8 Å². The predicted octanol–water partition coefficient (Wildman–Crippen LogP) is 0.414. The van der Waals surface area contributed by atoms with Gasteiger partial charge in [0.2, 0.25) is 11.1 Å². The number of anilines is 1. The number of amides is 1. The molecule has 5 N–H and O–H groups in total. The highest BCUT2D eigenvalue weighted by Crippen LogP contribution is 2.16. The Hall–Kier alpha value is -2.75. The van der Waals surface area contributed by atoms with Crippen LogP contribution in [-0.2, 0) is 4.79 Å². The van der Waals surface area contributed by atoms with E-state index in [1.54, 1.807) is 7.11 Å². The minimum absolute atomic E-state index is 0.0729. The van der Waals surface area contributed by atoms with Crippen molar-refractivity contribution in [2.24, 2.45) is 10.8 Å². The molecule has 1 heterocycles. The molecule has 1 aromatic heterocycles. The standard InChI is InChI=1S/C13H17N7O2S/c1-8(9-3-5-10(22-2)6-4-9)16-17-12-18-19-13(20(12)15)23-7-11(14)21/h3-6H,7,15H2,1-2H3,(H2,14,21)(H,17,18)/b16-8+. The largest absolute Gasteiger partial charge is 0.497 e. The van der Waals surface area contributed by atoms with Crippen LogP contribution in [0.15, 0.2) is 34.5 Å². The SMILES string of the molecule is COc1ccc(/C(C)=N/Nc2nnc(SCC(N)=O)n2N)cc1. The summed E-state index contributed by atoms with van der Waals surface area (Å²) in [6, 6.07) is 7.47. The van der Waals surface area contributed by atoms with Crippen LogP contribution in [0.1, 0.15) is 12.5 Å². The van der Waals surface area contributed by atoms with Gasteiger partial charge in [-0.2, -0.15) is 5.10 Å². The Kier molecular flexibility index (Phi) is 5.41. The Morgan fingerprint density at radius 3 is 2.70 bits per heavy atom. The second-order valence-electron chi connectivity index (χ2n) is 4.47. The third-order valence-electron chi connectivity index (χ3n) is 2.84. The molecule has 2 rings (SSSR count). The van der Waals surface area contributed by atoms with Gasteiger partial charge in [-0.25, -0.2) is 10.1 Å². The molecule has 0 spiro atoms. The van der Waals surface area contributed by atoms with Crippen molar-refractivity contribution >= 4 is 29.3 Å². The zero-order valence-corrected chi connectivity index (χ0v) is 13.5. The first-order chi connectivity index (χ1) is 11.0. The molecule has 1 aromatic carbocycles. The Bertz CT molecular complexity index is 712. The van der Waals surface area contributed by atoms with Gasteiger partial charge in [0, 0.05) is 0 Å². The molecule has 9 nitrogen and oxygen atoms in total. The molecule has 0 saturated carbocycles. The van der Waals surface area contributed by atoms with Gasteiger partial charge in [-0.05, 0) is 36.8 Å². The maximum Gasteiger partial charge on any atom is 0.264 e. The summed E-state index contributed by atoms with van der Waals surface area (Å²) in [6.07, 6.45) is 0. The van der Waals surface area contributed by atoms with E-state index in [1.165, 1.54) is 4.68 Å². The summed E-state index contributed by atoms with van der Waals surface area (Å²) >= 11 is 1.10. The highest BCUT2D eigenvalue weighted by Gasteiger charge is 2.10. The van der Waals surface area contributed by atoms with Crippen molar-refractivity contribution in [2.75, 3.05) is 24.1 Å². The number of nitrogens with one attached hydrogen (secondary N) is 1. The van der Waals surface area contributed by atoms with Gasteiger partial charge in [-0.3, -0.25) is 4.79 Å². The molecule has 10 heteroatoms. The molecule has 0 fully saturated rings. The zero-order chi connectivity index (χ0) is 16.8. The quantitative estimate of drug-likeness (QED) is 0.289. The minimum atomic E-state index is -0.458. The Morgan fingerprint density at radius 2 is 2.09 bits per heavy atom. The molecule has 0 atom stereocenters. The van der Waals surface area contributed by atoms with E-state index in [0.29, 0.717) is 5.16 Å². The fourth-order valence-electron chi connectivity index (χ4n) is 1.62. The zero-order valence-electron chi connectivity index (χ0n) is 12.7. The van der Waals surface area contributed by atoms with Gasteiger partial charge in [-0.15, -0.1) is 10.2 Å². The number of nitrogens with zero attached hydrogens (tertiary/aromatic N) is 4. The number of nitrogen functional groups attached to an aromatic ring is 1. The maximum absolute atomic E-state index is 10.8. The molecule has 2 aromatic rings. The van der Waals surface area contributed by atoms with Gasteiger partial charge < -0.3 is 16.3 Å². The second kappa shape index (κ2) is 7.49. The topological polar surface area (TPSA) is 133 Å². The van der Waals surface area contributed by atoms with E-state index in [1.807, 2.05) is 31.2 Å². The number of thioether (sulfide) groups is 1. The van der Waals surface area contributed by atoms with Crippen LogP contribution in [-0.4, -0.2) is 39.4 Å². The molecule has 1 amide bonds. The number of primary amides is 1. The van der Waals surface area contributed by atoms with E-state index in [2.05, 4.69) is 20.7 Å². The lowest BCUT2D eigenvalue weighted by Crippen LogP contribution is -2.16. The van der Waals surface area contributed by atoms with Crippen LogP contribution in [0.5, 0.6) is 5.75 Å². The summed E-state index contributed by atoms with van der Waals surface area (Å²) in [7, 11) is 1.61. The average molecular weight is 335 g/mol. The normalized spacial score (nSPS) is 11.3. The van der Waals surface area contributed by atoms with E-state index < -0.39 is 5.91 Å². The van der Waals surface area contributed by atoms with Gasteiger partial charge in [0.25, 0.3) is 5.95 Å². The van der Waals surface area contributed by atoms with Crippen molar-refractivity contribution < 1.29 is 9.53 Å². The number of carbonyl (C=O) groups excluding carboxylic acids is 1. The summed E-state index contributed by atoms with van der Waals surface area (Å²) in [5.74, 6) is 6.46. The average Bonchev–Trinajstić information content (AvgIpc) is 2.91. The van der Waals surface area contributed by atoms with Crippen molar-refractivity contribution in [1.82, 2.24) is 14.9 Å². The van der Waals surface area contributed by atoms with Crippen molar-refractivity contribution in [3.8, 4) is 5.75 Å². The lowest BCUT2D eigenvalue weighted by atomic mass is 10.1. The summed E-state index contributed by atoms with van der Waals surface area (Å²) in [5.41, 5.74) is 9.47. The van der Waals surface area contributed by atoms with Crippen LogP contribution in [0, 0.1) is 0 Å². The monoisotopic (exact) mass is 335 g/mol. The Morgan fingerprint density at radius 1 is 1.39 bits per heavy atom. The highest BCUT2D eigenvalue weighted by molar-refractivity contribution is 7.99. The Balaban J connectivity index is 2.05. The molecule has 0 saturated heterocycles. The van der Waals surface area contributed by atoms with Crippen molar-refractivity contribution in [3.63, 3.8) is 0 Å². The molecule has 23 heavy (non-hydrogen) atoms.